The van der Waals surface area contributed by atoms with Crippen LogP contribution in [0, 0.1) is 5.92 Å². The number of nitrogens with one attached hydrogen (secondary N) is 1. The van der Waals surface area contributed by atoms with Gasteiger partial charge in [-0.25, -0.2) is 0 Å². The van der Waals surface area contributed by atoms with Crippen molar-refractivity contribution in [2.75, 3.05) is 19.6 Å². The molecule has 0 saturated carbocycles. The maximum Gasteiger partial charge on any atom is 0.225 e. The number of likely N-dealkylation sites (tertiary alicyclic amines) is 1. The second-order valence-corrected chi connectivity index (χ2v) is 7.22. The number of rotatable bonds is 7. The molecule has 1 aromatic carbocycles. The molecule has 0 spiro atoms. The third-order valence-electron chi connectivity index (χ3n) is 4.83. The minimum absolute atomic E-state index is 0.0292. The van der Waals surface area contributed by atoms with Crippen LogP contribution in [0.3, 0.4) is 0 Å². The number of amides is 2. The Morgan fingerprint density at radius 2 is 2.04 bits per heavy atom. The van der Waals surface area contributed by atoms with E-state index in [1.807, 2.05) is 42.2 Å². The molecule has 1 heterocycles. The average molecular weight is 346 g/mol. The van der Waals surface area contributed by atoms with Gasteiger partial charge < -0.3 is 15.3 Å². The van der Waals surface area contributed by atoms with Gasteiger partial charge in [0.25, 0.3) is 0 Å². The van der Waals surface area contributed by atoms with Crippen LogP contribution in [0.15, 0.2) is 30.3 Å². The van der Waals surface area contributed by atoms with Crippen LogP contribution in [0.4, 0.5) is 0 Å². The van der Waals surface area contributed by atoms with Crippen molar-refractivity contribution in [3.05, 3.63) is 35.9 Å². The molecule has 1 saturated heterocycles. The van der Waals surface area contributed by atoms with Crippen LogP contribution in [0.1, 0.15) is 51.5 Å². The van der Waals surface area contributed by atoms with Gasteiger partial charge in [-0.3, -0.25) is 9.59 Å². The molecule has 5 heteroatoms. The molecule has 2 amide bonds. The zero-order valence-corrected chi connectivity index (χ0v) is 15.3. The number of carbonyl (C=O) groups is 2. The molecule has 1 aliphatic rings. The number of piperidine rings is 1. The molecule has 2 atom stereocenters. The Balaban J connectivity index is 1.87. The van der Waals surface area contributed by atoms with Crippen LogP contribution in [0.25, 0.3) is 0 Å². The molecule has 2 unspecified atom stereocenters. The zero-order valence-electron chi connectivity index (χ0n) is 15.3. The van der Waals surface area contributed by atoms with E-state index in [2.05, 4.69) is 5.32 Å². The monoisotopic (exact) mass is 346 g/mol. The molecular formula is C20H30N2O3. The van der Waals surface area contributed by atoms with Crippen molar-refractivity contribution in [2.45, 2.75) is 51.6 Å². The van der Waals surface area contributed by atoms with Gasteiger partial charge in [0.2, 0.25) is 11.8 Å². The smallest absolute Gasteiger partial charge is 0.225 e. The lowest BCUT2D eigenvalue weighted by Crippen LogP contribution is -2.45. The summed E-state index contributed by atoms with van der Waals surface area (Å²) in [5.74, 6) is 0.344. The van der Waals surface area contributed by atoms with E-state index in [1.54, 1.807) is 6.92 Å². The van der Waals surface area contributed by atoms with Gasteiger partial charge >= 0.3 is 0 Å². The predicted octanol–water partition coefficient (Wildman–Crippen LogP) is 2.44. The molecule has 0 bridgehead atoms. The highest BCUT2D eigenvalue weighted by atomic mass is 16.3. The summed E-state index contributed by atoms with van der Waals surface area (Å²) in [5.41, 5.74) is -0.413. The fourth-order valence-electron chi connectivity index (χ4n) is 3.34. The summed E-state index contributed by atoms with van der Waals surface area (Å²) >= 11 is 0. The van der Waals surface area contributed by atoms with E-state index >= 15 is 0 Å². The first-order chi connectivity index (χ1) is 11.9. The lowest BCUT2D eigenvalue weighted by molar-refractivity contribution is -0.138. The van der Waals surface area contributed by atoms with Gasteiger partial charge in [0.1, 0.15) is 0 Å². The normalized spacial score (nSPS) is 20.0. The second-order valence-electron chi connectivity index (χ2n) is 7.22. The topological polar surface area (TPSA) is 69.6 Å². The summed E-state index contributed by atoms with van der Waals surface area (Å²) in [4.78, 5) is 26.1. The number of nitrogens with zero attached hydrogens (tertiary/aromatic N) is 1. The van der Waals surface area contributed by atoms with Crippen LogP contribution in [0.2, 0.25) is 0 Å². The molecule has 25 heavy (non-hydrogen) atoms. The third kappa shape index (κ3) is 5.85. The number of hydrogen-bond acceptors (Lipinski definition) is 3. The molecule has 138 valence electrons. The first-order valence-corrected chi connectivity index (χ1v) is 9.24. The Labute approximate surface area is 150 Å². The van der Waals surface area contributed by atoms with E-state index in [9.17, 15) is 14.7 Å². The van der Waals surface area contributed by atoms with Crippen LogP contribution in [-0.2, 0) is 15.2 Å². The first kappa shape index (κ1) is 19.4. The SMILES string of the molecule is CCCC(=O)NCC1CCCN(C(=O)CC(C)(O)c2ccccc2)C1. The van der Waals surface area contributed by atoms with Crippen molar-refractivity contribution in [3.63, 3.8) is 0 Å². The minimum Gasteiger partial charge on any atom is -0.385 e. The average Bonchev–Trinajstić information content (AvgIpc) is 2.61. The van der Waals surface area contributed by atoms with Crippen LogP contribution < -0.4 is 5.32 Å². The summed E-state index contributed by atoms with van der Waals surface area (Å²) in [6.07, 6.45) is 3.43. The molecule has 1 aromatic rings. The van der Waals surface area contributed by atoms with Crippen molar-refractivity contribution in [1.82, 2.24) is 10.2 Å². The van der Waals surface area contributed by atoms with E-state index in [0.717, 1.165) is 31.4 Å². The Bertz CT molecular complexity index is 572. The standard InChI is InChI=1S/C20H30N2O3/c1-3-8-18(23)21-14-16-9-7-12-22(15-16)19(24)13-20(2,25)17-10-5-4-6-11-17/h4-6,10-11,16,25H,3,7-9,12-15H2,1-2H3,(H,21,23). The van der Waals surface area contributed by atoms with Crippen LogP contribution in [-0.4, -0.2) is 41.5 Å². The summed E-state index contributed by atoms with van der Waals surface area (Å²) in [6.45, 7) is 5.67. The van der Waals surface area contributed by atoms with E-state index < -0.39 is 5.60 Å². The highest BCUT2D eigenvalue weighted by Gasteiger charge is 2.31. The zero-order chi connectivity index (χ0) is 18.3. The van der Waals surface area contributed by atoms with Crippen molar-refractivity contribution in [2.24, 2.45) is 5.92 Å². The van der Waals surface area contributed by atoms with Gasteiger partial charge in [0, 0.05) is 26.1 Å². The van der Waals surface area contributed by atoms with Crippen molar-refractivity contribution in [3.8, 4) is 0 Å². The maximum absolute atomic E-state index is 12.7. The molecule has 2 N–H and O–H groups in total. The highest BCUT2D eigenvalue weighted by Crippen LogP contribution is 2.26. The van der Waals surface area contributed by atoms with Crippen molar-refractivity contribution < 1.29 is 14.7 Å². The Morgan fingerprint density at radius 1 is 1.32 bits per heavy atom. The Morgan fingerprint density at radius 3 is 2.72 bits per heavy atom. The molecule has 0 aliphatic carbocycles. The van der Waals surface area contributed by atoms with Crippen molar-refractivity contribution >= 4 is 11.8 Å². The van der Waals surface area contributed by atoms with E-state index in [0.29, 0.717) is 25.4 Å². The molecule has 0 radical (unpaired) electrons. The van der Waals surface area contributed by atoms with Gasteiger partial charge in [-0.2, -0.15) is 0 Å². The molecule has 2 rings (SSSR count). The lowest BCUT2D eigenvalue weighted by Gasteiger charge is -2.35. The maximum atomic E-state index is 12.7. The number of hydrogen-bond donors (Lipinski definition) is 2. The third-order valence-corrected chi connectivity index (χ3v) is 4.83. The molecular weight excluding hydrogens is 316 g/mol. The van der Waals surface area contributed by atoms with Crippen molar-refractivity contribution in [1.29, 1.82) is 0 Å². The number of benzene rings is 1. The van der Waals surface area contributed by atoms with Gasteiger partial charge in [0.05, 0.1) is 12.0 Å². The summed E-state index contributed by atoms with van der Waals surface area (Å²) in [5, 5.41) is 13.6. The largest absolute Gasteiger partial charge is 0.385 e. The van der Waals surface area contributed by atoms with Gasteiger partial charge in [-0.05, 0) is 37.7 Å². The van der Waals surface area contributed by atoms with E-state index in [-0.39, 0.29) is 18.2 Å². The Kier molecular flexibility index (Phi) is 7.00. The lowest BCUT2D eigenvalue weighted by atomic mass is 9.91. The second kappa shape index (κ2) is 8.99. The number of aliphatic hydroxyl groups is 1. The summed E-state index contributed by atoms with van der Waals surface area (Å²) < 4.78 is 0. The molecule has 1 aliphatic heterocycles. The molecule has 0 aromatic heterocycles. The summed E-state index contributed by atoms with van der Waals surface area (Å²) in [7, 11) is 0. The molecule has 1 fully saturated rings. The van der Waals surface area contributed by atoms with E-state index in [1.165, 1.54) is 0 Å². The summed E-state index contributed by atoms with van der Waals surface area (Å²) in [6, 6.07) is 9.31. The van der Waals surface area contributed by atoms with Crippen LogP contribution >= 0.6 is 0 Å². The fraction of sp³-hybridized carbons (Fsp3) is 0.600. The highest BCUT2D eigenvalue weighted by molar-refractivity contribution is 5.78. The first-order valence-electron chi connectivity index (χ1n) is 9.24. The quantitative estimate of drug-likeness (QED) is 0.797. The fourth-order valence-corrected chi connectivity index (χ4v) is 3.34. The van der Waals surface area contributed by atoms with Gasteiger partial charge in [-0.15, -0.1) is 0 Å². The van der Waals surface area contributed by atoms with Gasteiger partial charge in [-0.1, -0.05) is 37.3 Å². The Hall–Kier alpha value is -1.88. The minimum atomic E-state index is -1.17. The van der Waals surface area contributed by atoms with Crippen LogP contribution in [0.5, 0.6) is 0 Å². The molecule has 5 nitrogen and oxygen atoms in total. The van der Waals surface area contributed by atoms with Gasteiger partial charge in [0.15, 0.2) is 0 Å². The predicted molar refractivity (Wildman–Crippen MR) is 97.9 cm³/mol. The number of carbonyl (C=O) groups excluding carboxylic acids is 2. The van der Waals surface area contributed by atoms with E-state index in [4.69, 9.17) is 0 Å².